The van der Waals surface area contributed by atoms with E-state index in [1.165, 1.54) is 17.7 Å². The van der Waals surface area contributed by atoms with Gasteiger partial charge in [-0.1, -0.05) is 0 Å². The normalized spacial score (nSPS) is 24.3. The Hall–Kier alpha value is -1.49. The van der Waals surface area contributed by atoms with Crippen molar-refractivity contribution in [1.82, 2.24) is 0 Å². The second-order valence-corrected chi connectivity index (χ2v) is 10.1. The first-order valence-corrected chi connectivity index (χ1v) is 10.8. The number of benzene rings is 1. The van der Waals surface area contributed by atoms with E-state index in [0.717, 1.165) is 37.0 Å². The van der Waals surface area contributed by atoms with E-state index in [1.807, 2.05) is 0 Å². The highest BCUT2D eigenvalue weighted by Gasteiger charge is 2.29. The minimum atomic E-state index is -2.95. The van der Waals surface area contributed by atoms with Gasteiger partial charge in [0.1, 0.15) is 5.82 Å². The molecule has 1 aliphatic heterocycles. The third-order valence-electron chi connectivity index (χ3n) is 5.45. The number of allylic oxidation sites excluding steroid dienone is 1. The van der Waals surface area contributed by atoms with Crippen LogP contribution in [-0.4, -0.2) is 31.7 Å². The summed E-state index contributed by atoms with van der Waals surface area (Å²) in [5, 5.41) is -0.283. The van der Waals surface area contributed by atoms with Crippen LogP contribution < -0.4 is 0 Å². The number of rotatable bonds is 5. The van der Waals surface area contributed by atoms with Crippen LogP contribution in [0.2, 0.25) is 0 Å². The highest BCUT2D eigenvalue weighted by molar-refractivity contribution is 7.91. The van der Waals surface area contributed by atoms with E-state index in [-0.39, 0.29) is 11.1 Å². The Kier molecular flexibility index (Phi) is 5.42. The zero-order valence-electron chi connectivity index (χ0n) is 14.9. The van der Waals surface area contributed by atoms with E-state index in [2.05, 4.69) is 11.1 Å². The fraction of sp³-hybridized carbons (Fsp3) is 0.550. The van der Waals surface area contributed by atoms with E-state index in [0.29, 0.717) is 24.1 Å². The molecule has 0 spiro atoms. The minimum Gasteiger partial charge on any atom is -0.280 e. The molecular formula is C20H26FNO2S. The Morgan fingerprint density at radius 3 is 2.36 bits per heavy atom. The zero-order valence-corrected chi connectivity index (χ0v) is 15.7. The van der Waals surface area contributed by atoms with Crippen molar-refractivity contribution >= 4 is 15.5 Å². The molecule has 136 valence electrons. The lowest BCUT2D eigenvalue weighted by Crippen LogP contribution is -2.27. The molecule has 1 aromatic rings. The third-order valence-corrected chi connectivity index (χ3v) is 7.82. The van der Waals surface area contributed by atoms with E-state index < -0.39 is 9.84 Å². The molecule has 0 amide bonds. The van der Waals surface area contributed by atoms with Crippen molar-refractivity contribution in [2.75, 3.05) is 12.3 Å². The molecule has 0 atom stereocenters. The molecule has 1 heterocycles. The van der Waals surface area contributed by atoms with Gasteiger partial charge in [0, 0.05) is 0 Å². The predicted molar refractivity (Wildman–Crippen MR) is 100 cm³/mol. The van der Waals surface area contributed by atoms with Gasteiger partial charge in [0.2, 0.25) is 0 Å². The van der Waals surface area contributed by atoms with Gasteiger partial charge in [0.25, 0.3) is 0 Å². The van der Waals surface area contributed by atoms with Crippen molar-refractivity contribution in [2.45, 2.75) is 44.8 Å². The van der Waals surface area contributed by atoms with Gasteiger partial charge in [-0.05, 0) is 92.8 Å². The Bertz CT molecular complexity index is 770. The molecule has 0 bridgehead atoms. The highest BCUT2D eigenvalue weighted by Crippen LogP contribution is 2.36. The second-order valence-electron chi connectivity index (χ2n) is 7.52. The van der Waals surface area contributed by atoms with Crippen LogP contribution in [0.4, 0.5) is 4.39 Å². The van der Waals surface area contributed by atoms with Crippen molar-refractivity contribution in [3.8, 4) is 0 Å². The number of aliphatic imine (C=N–C) groups is 1. The van der Waals surface area contributed by atoms with E-state index in [9.17, 15) is 12.8 Å². The molecule has 0 unspecified atom stereocenters. The van der Waals surface area contributed by atoms with Crippen LogP contribution in [0.5, 0.6) is 0 Å². The average molecular weight is 363 g/mol. The van der Waals surface area contributed by atoms with Crippen molar-refractivity contribution in [3.05, 3.63) is 47.3 Å². The first-order chi connectivity index (χ1) is 11.8. The Balaban J connectivity index is 1.57. The number of halogens is 1. The Morgan fingerprint density at radius 2 is 1.76 bits per heavy atom. The van der Waals surface area contributed by atoms with Crippen molar-refractivity contribution in [2.24, 2.45) is 16.8 Å². The summed E-state index contributed by atoms with van der Waals surface area (Å²) in [5.41, 5.74) is 3.22. The summed E-state index contributed by atoms with van der Waals surface area (Å²) in [4.78, 5) is 4.60. The molecule has 0 aromatic heterocycles. The number of hydrogen-bond acceptors (Lipinski definition) is 3. The molecule has 25 heavy (non-hydrogen) atoms. The van der Waals surface area contributed by atoms with E-state index in [4.69, 9.17) is 0 Å². The van der Waals surface area contributed by atoms with Gasteiger partial charge >= 0.3 is 0 Å². The molecule has 3 rings (SSSR count). The molecule has 2 aliphatic rings. The summed E-state index contributed by atoms with van der Waals surface area (Å²) in [6.45, 7) is 4.24. The third kappa shape index (κ3) is 4.38. The second kappa shape index (κ2) is 7.40. The minimum absolute atomic E-state index is 0.235. The van der Waals surface area contributed by atoms with Crippen LogP contribution in [0.1, 0.15) is 45.1 Å². The zero-order chi connectivity index (χ0) is 18.0. The topological polar surface area (TPSA) is 46.5 Å². The lowest BCUT2D eigenvalue weighted by atomic mass is 9.79. The number of sulfone groups is 1. The first-order valence-electron chi connectivity index (χ1n) is 9.07. The Morgan fingerprint density at radius 1 is 1.12 bits per heavy atom. The molecule has 5 heteroatoms. The molecule has 0 saturated heterocycles. The van der Waals surface area contributed by atoms with Gasteiger partial charge in [-0.2, -0.15) is 0 Å². The standard InChI is InChI=1S/C20H26FNO2S/c1-14(2)25(23,24)13-15-3-5-16(6-4-15)18-11-20(22-12-18)17-7-9-19(21)10-8-17/h7-11,14-16H,3-6,12-13H2,1-2H3. The summed E-state index contributed by atoms with van der Waals surface area (Å²) >= 11 is 0. The maximum Gasteiger partial charge on any atom is 0.152 e. The fourth-order valence-electron chi connectivity index (χ4n) is 3.71. The fourth-order valence-corrected chi connectivity index (χ4v) is 5.08. The summed E-state index contributed by atoms with van der Waals surface area (Å²) in [6.07, 6.45) is 6.16. The van der Waals surface area contributed by atoms with Crippen LogP contribution in [0.25, 0.3) is 0 Å². The van der Waals surface area contributed by atoms with Crippen molar-refractivity contribution < 1.29 is 12.8 Å². The molecule has 1 saturated carbocycles. The van der Waals surface area contributed by atoms with Crippen LogP contribution in [0, 0.1) is 17.7 Å². The van der Waals surface area contributed by atoms with Gasteiger partial charge in [-0.15, -0.1) is 0 Å². The molecule has 3 nitrogen and oxygen atoms in total. The molecule has 0 N–H and O–H groups in total. The van der Waals surface area contributed by atoms with E-state index in [1.54, 1.807) is 26.0 Å². The molecule has 1 aromatic carbocycles. The summed E-state index contributed by atoms with van der Waals surface area (Å²) in [6, 6.07) is 6.46. The van der Waals surface area contributed by atoms with Crippen LogP contribution in [0.3, 0.4) is 0 Å². The van der Waals surface area contributed by atoms with Gasteiger partial charge < -0.3 is 0 Å². The lowest BCUT2D eigenvalue weighted by Gasteiger charge is -2.29. The van der Waals surface area contributed by atoms with Gasteiger partial charge in [0.05, 0.1) is 23.3 Å². The number of nitrogens with zero attached hydrogens (tertiary/aromatic N) is 1. The monoisotopic (exact) mass is 363 g/mol. The largest absolute Gasteiger partial charge is 0.280 e. The Labute approximate surface area is 150 Å². The van der Waals surface area contributed by atoms with Crippen molar-refractivity contribution in [3.63, 3.8) is 0 Å². The summed E-state index contributed by atoms with van der Waals surface area (Å²) < 4.78 is 37.3. The highest BCUT2D eigenvalue weighted by atomic mass is 32.2. The maximum atomic E-state index is 13.0. The van der Waals surface area contributed by atoms with Gasteiger partial charge in [-0.25, -0.2) is 12.8 Å². The van der Waals surface area contributed by atoms with E-state index >= 15 is 0 Å². The smallest absolute Gasteiger partial charge is 0.152 e. The number of hydrogen-bond donors (Lipinski definition) is 0. The lowest BCUT2D eigenvalue weighted by molar-refractivity contribution is 0.320. The predicted octanol–water partition coefficient (Wildman–Crippen LogP) is 4.18. The maximum absolute atomic E-state index is 13.0. The van der Waals surface area contributed by atoms with Crippen LogP contribution >= 0.6 is 0 Å². The SMILES string of the molecule is CC(C)S(=O)(=O)CC1CCC(C2=CC(c3ccc(F)cc3)=NC2)CC1. The van der Waals surface area contributed by atoms with Crippen LogP contribution in [0.15, 0.2) is 40.9 Å². The first kappa shape index (κ1) is 18.3. The van der Waals surface area contributed by atoms with Gasteiger partial charge in [-0.3, -0.25) is 4.99 Å². The summed E-state index contributed by atoms with van der Waals surface area (Å²) in [5.74, 6) is 0.886. The quantitative estimate of drug-likeness (QED) is 0.788. The molecule has 1 fully saturated rings. The average Bonchev–Trinajstić information content (AvgIpc) is 3.06. The molecule has 1 aliphatic carbocycles. The van der Waals surface area contributed by atoms with Crippen LogP contribution in [-0.2, 0) is 9.84 Å². The molecular weight excluding hydrogens is 337 g/mol. The summed E-state index contributed by atoms with van der Waals surface area (Å²) in [7, 11) is -2.95. The molecule has 0 radical (unpaired) electrons. The van der Waals surface area contributed by atoms with Gasteiger partial charge in [0.15, 0.2) is 9.84 Å². The van der Waals surface area contributed by atoms with Crippen molar-refractivity contribution in [1.29, 1.82) is 0 Å².